The van der Waals surface area contributed by atoms with Crippen LogP contribution in [0.2, 0.25) is 0 Å². The minimum atomic E-state index is -0.0119. The van der Waals surface area contributed by atoms with Crippen molar-refractivity contribution in [3.63, 3.8) is 0 Å². The molecule has 3 heteroatoms. The van der Waals surface area contributed by atoms with Gasteiger partial charge in [0.05, 0.1) is 6.61 Å². The van der Waals surface area contributed by atoms with E-state index in [1.165, 1.54) is 0 Å². The van der Waals surface area contributed by atoms with E-state index >= 15 is 0 Å². The fourth-order valence-corrected chi connectivity index (χ4v) is 0.557. The molecule has 0 bridgehead atoms. The van der Waals surface area contributed by atoms with Crippen molar-refractivity contribution >= 4 is 5.91 Å². The minimum Gasteiger partial charge on any atom is -0.384 e. The Hall–Kier alpha value is -1.01. The predicted octanol–water partition coefficient (Wildman–Crippen LogP) is 0.162. The lowest BCUT2D eigenvalue weighted by molar-refractivity contribution is -0.121. The number of hydrogen-bond donors (Lipinski definition) is 1. The van der Waals surface area contributed by atoms with Gasteiger partial charge in [-0.25, -0.2) is 0 Å². The second-order valence-electron chi connectivity index (χ2n) is 2.05. The zero-order valence-electron chi connectivity index (χ0n) is 6.72. The third kappa shape index (κ3) is 6.88. The molecule has 0 spiro atoms. The molecule has 1 amide bonds. The molecule has 0 unspecified atom stereocenters. The molecule has 1 N–H and O–H groups in total. The Bertz CT molecular complexity index is 149. The van der Waals surface area contributed by atoms with E-state index in [1.807, 2.05) is 0 Å². The van der Waals surface area contributed by atoms with Gasteiger partial charge in [0.2, 0.25) is 5.91 Å². The second-order valence-corrected chi connectivity index (χ2v) is 2.05. The van der Waals surface area contributed by atoms with Crippen LogP contribution in [0.25, 0.3) is 0 Å². The molecule has 0 fully saturated rings. The van der Waals surface area contributed by atoms with Gasteiger partial charge in [0.25, 0.3) is 0 Å². The normalized spacial score (nSPS) is 8.73. The maximum Gasteiger partial charge on any atom is 0.222 e. The van der Waals surface area contributed by atoms with Crippen molar-refractivity contribution in [1.29, 1.82) is 0 Å². The van der Waals surface area contributed by atoms with Crippen molar-refractivity contribution in [2.24, 2.45) is 0 Å². The molecule has 0 saturated heterocycles. The highest BCUT2D eigenvalue weighted by atomic mass is 16.5. The molecule has 0 radical (unpaired) electrons. The summed E-state index contributed by atoms with van der Waals surface area (Å²) in [5, 5.41) is 2.66. The monoisotopic (exact) mass is 155 g/mol. The summed E-state index contributed by atoms with van der Waals surface area (Å²) in [6.45, 7) is 1.01. The van der Waals surface area contributed by atoms with Crippen molar-refractivity contribution < 1.29 is 9.53 Å². The van der Waals surface area contributed by atoms with E-state index in [2.05, 4.69) is 11.2 Å². The van der Waals surface area contributed by atoms with E-state index < -0.39 is 0 Å². The van der Waals surface area contributed by atoms with Crippen molar-refractivity contribution in [2.75, 3.05) is 20.3 Å². The first-order chi connectivity index (χ1) is 5.31. The maximum absolute atomic E-state index is 10.8. The van der Waals surface area contributed by atoms with Gasteiger partial charge in [-0.3, -0.25) is 4.79 Å². The molecule has 0 aromatic heterocycles. The van der Waals surface area contributed by atoms with Gasteiger partial charge >= 0.3 is 0 Å². The van der Waals surface area contributed by atoms with Crippen molar-refractivity contribution in [3.05, 3.63) is 0 Å². The number of amides is 1. The zero-order valence-corrected chi connectivity index (χ0v) is 6.72. The maximum atomic E-state index is 10.8. The Labute approximate surface area is 67.1 Å². The molecule has 0 aromatic rings. The van der Waals surface area contributed by atoms with Gasteiger partial charge in [-0.15, -0.1) is 12.3 Å². The van der Waals surface area contributed by atoms with E-state index in [0.717, 1.165) is 0 Å². The average molecular weight is 155 g/mol. The van der Waals surface area contributed by atoms with Crippen LogP contribution in [0.3, 0.4) is 0 Å². The summed E-state index contributed by atoms with van der Waals surface area (Å²) >= 11 is 0. The number of carbonyl (C=O) groups excluding carboxylic acids is 1. The highest BCUT2D eigenvalue weighted by Gasteiger charge is 1.97. The van der Waals surface area contributed by atoms with Crippen LogP contribution in [0.5, 0.6) is 0 Å². The molecule has 3 nitrogen and oxygen atoms in total. The van der Waals surface area contributed by atoms with Crippen LogP contribution in [-0.2, 0) is 9.53 Å². The molecular weight excluding hydrogens is 142 g/mol. The van der Waals surface area contributed by atoms with Gasteiger partial charge in [-0.1, -0.05) is 0 Å². The third-order valence-corrected chi connectivity index (χ3v) is 1.12. The Morgan fingerprint density at radius 3 is 3.00 bits per heavy atom. The predicted molar refractivity (Wildman–Crippen MR) is 43.0 cm³/mol. The molecule has 0 aliphatic rings. The topological polar surface area (TPSA) is 38.3 Å². The summed E-state index contributed by atoms with van der Waals surface area (Å²) in [4.78, 5) is 10.8. The largest absolute Gasteiger partial charge is 0.384 e. The number of rotatable bonds is 5. The highest BCUT2D eigenvalue weighted by molar-refractivity contribution is 5.75. The standard InChI is InChI=1S/C8H13NO2/c1-3-4-6-9-8(10)5-7-11-2/h1H,4-7H2,2H3,(H,9,10). The van der Waals surface area contributed by atoms with Crippen LogP contribution in [0.4, 0.5) is 0 Å². The quantitative estimate of drug-likeness (QED) is 0.454. The van der Waals surface area contributed by atoms with E-state index in [-0.39, 0.29) is 5.91 Å². The average Bonchev–Trinajstić information content (AvgIpc) is 2.01. The highest BCUT2D eigenvalue weighted by Crippen LogP contribution is 1.80. The molecule has 0 saturated carbocycles. The van der Waals surface area contributed by atoms with Gasteiger partial charge in [-0.2, -0.15) is 0 Å². The summed E-state index contributed by atoms with van der Waals surface area (Å²) in [5.41, 5.74) is 0. The minimum absolute atomic E-state index is 0.0119. The van der Waals surface area contributed by atoms with Gasteiger partial charge in [0.15, 0.2) is 0 Å². The number of ether oxygens (including phenoxy) is 1. The summed E-state index contributed by atoms with van der Waals surface area (Å²) in [7, 11) is 1.56. The summed E-state index contributed by atoms with van der Waals surface area (Å²) in [5.74, 6) is 2.42. The smallest absolute Gasteiger partial charge is 0.222 e. The fraction of sp³-hybridized carbons (Fsp3) is 0.625. The van der Waals surface area contributed by atoms with Gasteiger partial charge in [0, 0.05) is 26.5 Å². The molecular formula is C8H13NO2. The van der Waals surface area contributed by atoms with E-state index in [9.17, 15) is 4.79 Å². The lowest BCUT2D eigenvalue weighted by Crippen LogP contribution is -2.24. The first kappa shape index (κ1) is 9.99. The summed E-state index contributed by atoms with van der Waals surface area (Å²) in [6, 6.07) is 0. The Morgan fingerprint density at radius 2 is 2.45 bits per heavy atom. The Balaban J connectivity index is 3.17. The Kier molecular flexibility index (Phi) is 6.45. The fourth-order valence-electron chi connectivity index (χ4n) is 0.557. The molecule has 0 heterocycles. The van der Waals surface area contributed by atoms with Crippen molar-refractivity contribution in [3.8, 4) is 12.3 Å². The zero-order chi connectivity index (χ0) is 8.53. The van der Waals surface area contributed by atoms with Crippen LogP contribution in [-0.4, -0.2) is 26.2 Å². The first-order valence-electron chi connectivity index (χ1n) is 3.50. The van der Waals surface area contributed by atoms with Crippen LogP contribution in [0.15, 0.2) is 0 Å². The van der Waals surface area contributed by atoms with Gasteiger partial charge < -0.3 is 10.1 Å². The molecule has 62 valence electrons. The van der Waals surface area contributed by atoms with Gasteiger partial charge in [-0.05, 0) is 0 Å². The van der Waals surface area contributed by atoms with E-state index in [0.29, 0.717) is 26.0 Å². The van der Waals surface area contributed by atoms with E-state index in [1.54, 1.807) is 7.11 Å². The number of terminal acetylenes is 1. The molecule has 11 heavy (non-hydrogen) atoms. The SMILES string of the molecule is C#CCCNC(=O)CCOC. The number of hydrogen-bond acceptors (Lipinski definition) is 2. The van der Waals surface area contributed by atoms with Crippen LogP contribution in [0, 0.1) is 12.3 Å². The summed E-state index contributed by atoms with van der Waals surface area (Å²) in [6.07, 6.45) is 5.97. The molecule has 0 aromatic carbocycles. The third-order valence-electron chi connectivity index (χ3n) is 1.12. The lowest BCUT2D eigenvalue weighted by Gasteiger charge is -2.00. The molecule has 0 atom stereocenters. The number of carbonyl (C=O) groups is 1. The summed E-state index contributed by atoms with van der Waals surface area (Å²) < 4.78 is 4.72. The van der Waals surface area contributed by atoms with Crippen molar-refractivity contribution in [2.45, 2.75) is 12.8 Å². The lowest BCUT2D eigenvalue weighted by atomic mass is 10.4. The second kappa shape index (κ2) is 7.10. The number of nitrogens with one attached hydrogen (secondary N) is 1. The Morgan fingerprint density at radius 1 is 1.73 bits per heavy atom. The molecule has 0 aliphatic carbocycles. The van der Waals surface area contributed by atoms with Gasteiger partial charge in [0.1, 0.15) is 0 Å². The van der Waals surface area contributed by atoms with Crippen LogP contribution < -0.4 is 5.32 Å². The molecule has 0 aliphatic heterocycles. The van der Waals surface area contributed by atoms with Crippen LogP contribution in [0.1, 0.15) is 12.8 Å². The van der Waals surface area contributed by atoms with E-state index in [4.69, 9.17) is 11.2 Å². The molecule has 0 rings (SSSR count). The van der Waals surface area contributed by atoms with Crippen molar-refractivity contribution in [1.82, 2.24) is 5.32 Å². The number of methoxy groups -OCH3 is 1. The first-order valence-corrected chi connectivity index (χ1v) is 3.50. The van der Waals surface area contributed by atoms with Crippen LogP contribution >= 0.6 is 0 Å².